The molecule has 1 aliphatic carbocycles. The summed E-state index contributed by atoms with van der Waals surface area (Å²) in [5.74, 6) is 0.0213. The van der Waals surface area contributed by atoms with Gasteiger partial charge in [-0.05, 0) is 53.3 Å². The number of carboxylic acid groups (broad SMARTS) is 1. The Morgan fingerprint density at radius 3 is 2.71 bits per heavy atom. The Hall–Kier alpha value is -3.78. The van der Waals surface area contributed by atoms with Crippen molar-refractivity contribution >= 4 is 28.5 Å². The third-order valence-electron chi connectivity index (χ3n) is 7.28. The molecule has 1 saturated carbocycles. The maximum absolute atomic E-state index is 11.9. The van der Waals surface area contributed by atoms with Crippen molar-refractivity contribution in [1.29, 1.82) is 0 Å². The Morgan fingerprint density at radius 2 is 1.91 bits per heavy atom. The standard InChI is InChI=1S/C27H27N5O3/c33-13-12-32-29-26(28-30-32)20-14-18-8-4-5-9-21(18)25-24(17-6-2-1-3-7-17)22-11-10-19(27(34)35)15-23(22)31(25)16-20/h4-5,8-11,14-15,17,33H,1-3,6-7,12-13,16H2,(H,34,35). The molecule has 4 aromatic rings. The van der Waals surface area contributed by atoms with Gasteiger partial charge in [-0.3, -0.25) is 0 Å². The molecule has 6 rings (SSSR count). The number of tetrazole rings is 1. The third kappa shape index (κ3) is 3.74. The van der Waals surface area contributed by atoms with Gasteiger partial charge in [0, 0.05) is 22.0 Å². The summed E-state index contributed by atoms with van der Waals surface area (Å²) in [6.45, 7) is 0.719. The second kappa shape index (κ2) is 8.78. The number of benzene rings is 2. The van der Waals surface area contributed by atoms with Crippen molar-refractivity contribution < 1.29 is 15.0 Å². The SMILES string of the molecule is O=C(O)c1ccc2c(C3CCCCC3)c3n(c2c1)CC(c1nnn(CCO)n1)=Cc1ccccc1-3. The van der Waals surface area contributed by atoms with E-state index in [-0.39, 0.29) is 18.7 Å². The number of rotatable bonds is 5. The number of hydrogen-bond donors (Lipinski definition) is 2. The van der Waals surface area contributed by atoms with Gasteiger partial charge in [0.25, 0.3) is 0 Å². The van der Waals surface area contributed by atoms with E-state index >= 15 is 0 Å². The highest BCUT2D eigenvalue weighted by molar-refractivity contribution is 6.00. The van der Waals surface area contributed by atoms with Crippen LogP contribution in [0.2, 0.25) is 0 Å². The summed E-state index contributed by atoms with van der Waals surface area (Å²) in [6, 6.07) is 13.9. The van der Waals surface area contributed by atoms with Crippen LogP contribution in [0, 0.1) is 0 Å². The van der Waals surface area contributed by atoms with Crippen molar-refractivity contribution in [2.24, 2.45) is 0 Å². The molecule has 1 aliphatic heterocycles. The Kier molecular flexibility index (Phi) is 5.45. The fourth-order valence-electron chi connectivity index (χ4n) is 5.70. The minimum absolute atomic E-state index is 0.0627. The van der Waals surface area contributed by atoms with Crippen molar-refractivity contribution in [3.63, 3.8) is 0 Å². The van der Waals surface area contributed by atoms with Crippen LogP contribution in [-0.2, 0) is 13.1 Å². The van der Waals surface area contributed by atoms with Crippen LogP contribution in [0.5, 0.6) is 0 Å². The molecule has 0 radical (unpaired) electrons. The van der Waals surface area contributed by atoms with Crippen molar-refractivity contribution in [3.05, 3.63) is 65.0 Å². The lowest BCUT2D eigenvalue weighted by atomic mass is 9.81. The molecule has 0 amide bonds. The second-order valence-electron chi connectivity index (χ2n) is 9.41. The highest BCUT2D eigenvalue weighted by Gasteiger charge is 2.30. The number of hydrogen-bond acceptors (Lipinski definition) is 5. The van der Waals surface area contributed by atoms with Crippen LogP contribution in [0.25, 0.3) is 33.8 Å². The number of aromatic nitrogens is 5. The summed E-state index contributed by atoms with van der Waals surface area (Å²) in [5, 5.41) is 33.0. The molecule has 0 spiro atoms. The topological polar surface area (TPSA) is 106 Å². The molecule has 35 heavy (non-hydrogen) atoms. The molecule has 3 heterocycles. The molecule has 1 fully saturated rings. The van der Waals surface area contributed by atoms with Crippen LogP contribution in [0.15, 0.2) is 42.5 Å². The lowest BCUT2D eigenvalue weighted by molar-refractivity contribution is 0.0697. The maximum Gasteiger partial charge on any atom is 0.335 e. The summed E-state index contributed by atoms with van der Waals surface area (Å²) >= 11 is 0. The van der Waals surface area contributed by atoms with E-state index in [0.717, 1.165) is 40.4 Å². The molecule has 0 saturated heterocycles. The van der Waals surface area contributed by atoms with Gasteiger partial charge in [-0.2, -0.15) is 4.80 Å². The monoisotopic (exact) mass is 469 g/mol. The van der Waals surface area contributed by atoms with Crippen LogP contribution in [0.3, 0.4) is 0 Å². The number of nitrogens with zero attached hydrogens (tertiary/aromatic N) is 5. The van der Waals surface area contributed by atoms with Gasteiger partial charge in [0.05, 0.1) is 31.0 Å². The Bertz CT molecular complexity index is 1460. The smallest absolute Gasteiger partial charge is 0.335 e. The highest BCUT2D eigenvalue weighted by atomic mass is 16.4. The molecule has 0 bridgehead atoms. The van der Waals surface area contributed by atoms with Crippen molar-refractivity contribution in [2.75, 3.05) is 6.61 Å². The molecular formula is C27H27N5O3. The predicted molar refractivity (Wildman–Crippen MR) is 133 cm³/mol. The molecule has 2 aromatic carbocycles. The van der Waals surface area contributed by atoms with E-state index in [1.807, 2.05) is 12.1 Å². The number of fused-ring (bicyclic) bond motifs is 5. The first kappa shape index (κ1) is 21.7. The molecular weight excluding hydrogens is 442 g/mol. The number of aliphatic hydroxyl groups is 1. The number of aromatic carboxylic acids is 1. The van der Waals surface area contributed by atoms with Crippen LogP contribution >= 0.6 is 0 Å². The number of aliphatic hydroxyl groups excluding tert-OH is 1. The molecule has 0 atom stereocenters. The Balaban J connectivity index is 1.62. The molecule has 2 aliphatic rings. The maximum atomic E-state index is 11.9. The minimum atomic E-state index is -0.930. The van der Waals surface area contributed by atoms with Gasteiger partial charge in [-0.25, -0.2) is 4.79 Å². The van der Waals surface area contributed by atoms with E-state index in [1.165, 1.54) is 35.3 Å². The van der Waals surface area contributed by atoms with E-state index in [9.17, 15) is 15.0 Å². The molecule has 8 heteroatoms. The zero-order valence-electron chi connectivity index (χ0n) is 19.4. The first-order valence-corrected chi connectivity index (χ1v) is 12.2. The van der Waals surface area contributed by atoms with Crippen LogP contribution in [0.4, 0.5) is 0 Å². The number of carbonyl (C=O) groups is 1. The van der Waals surface area contributed by atoms with Gasteiger partial charge in [-0.15, -0.1) is 10.2 Å². The van der Waals surface area contributed by atoms with Gasteiger partial charge >= 0.3 is 5.97 Å². The molecule has 2 aromatic heterocycles. The summed E-state index contributed by atoms with van der Waals surface area (Å²) in [6.07, 6.45) is 8.10. The number of allylic oxidation sites excluding steroid dienone is 1. The summed E-state index contributed by atoms with van der Waals surface area (Å²) in [4.78, 5) is 13.3. The fourth-order valence-corrected chi connectivity index (χ4v) is 5.70. The van der Waals surface area contributed by atoms with E-state index < -0.39 is 5.97 Å². The van der Waals surface area contributed by atoms with E-state index in [2.05, 4.69) is 44.3 Å². The van der Waals surface area contributed by atoms with Gasteiger partial charge in [0.1, 0.15) is 0 Å². The van der Waals surface area contributed by atoms with Gasteiger partial charge in [-0.1, -0.05) is 49.6 Å². The predicted octanol–water partition coefficient (Wildman–Crippen LogP) is 4.59. The van der Waals surface area contributed by atoms with Crippen molar-refractivity contribution in [3.8, 4) is 11.3 Å². The lowest BCUT2D eigenvalue weighted by Gasteiger charge is -2.24. The highest BCUT2D eigenvalue weighted by Crippen LogP contribution is 2.47. The van der Waals surface area contributed by atoms with Crippen molar-refractivity contribution in [2.45, 2.75) is 51.1 Å². The summed E-state index contributed by atoms with van der Waals surface area (Å²) < 4.78 is 2.25. The Labute approximate surface area is 202 Å². The average Bonchev–Trinajstić information content (AvgIpc) is 3.42. The largest absolute Gasteiger partial charge is 0.478 e. The first-order valence-electron chi connectivity index (χ1n) is 12.2. The van der Waals surface area contributed by atoms with E-state index in [1.54, 1.807) is 12.1 Å². The molecule has 0 unspecified atom stereocenters. The minimum Gasteiger partial charge on any atom is -0.478 e. The van der Waals surface area contributed by atoms with Gasteiger partial charge < -0.3 is 14.8 Å². The summed E-state index contributed by atoms with van der Waals surface area (Å²) in [5.41, 5.74) is 6.81. The zero-order chi connectivity index (χ0) is 23.9. The third-order valence-corrected chi connectivity index (χ3v) is 7.28. The molecule has 178 valence electrons. The molecule has 2 N–H and O–H groups in total. The van der Waals surface area contributed by atoms with Gasteiger partial charge in [0.15, 0.2) is 0 Å². The summed E-state index contributed by atoms with van der Waals surface area (Å²) in [7, 11) is 0. The second-order valence-corrected chi connectivity index (χ2v) is 9.41. The van der Waals surface area contributed by atoms with Crippen molar-refractivity contribution in [1.82, 2.24) is 24.8 Å². The first-order chi connectivity index (χ1) is 17.1. The van der Waals surface area contributed by atoms with Crippen LogP contribution < -0.4 is 0 Å². The Morgan fingerprint density at radius 1 is 1.09 bits per heavy atom. The van der Waals surface area contributed by atoms with E-state index in [4.69, 9.17) is 0 Å². The van der Waals surface area contributed by atoms with E-state index in [0.29, 0.717) is 18.3 Å². The number of carboxylic acids is 1. The van der Waals surface area contributed by atoms with Crippen LogP contribution in [-0.4, -0.2) is 47.6 Å². The lowest BCUT2D eigenvalue weighted by Crippen LogP contribution is -2.08. The molecule has 8 nitrogen and oxygen atoms in total. The normalized spacial score (nSPS) is 16.0. The van der Waals surface area contributed by atoms with Crippen LogP contribution in [0.1, 0.15) is 65.3 Å². The average molecular weight is 470 g/mol. The zero-order valence-corrected chi connectivity index (χ0v) is 19.4. The fraction of sp³-hybridized carbons (Fsp3) is 0.333. The van der Waals surface area contributed by atoms with Gasteiger partial charge in [0.2, 0.25) is 5.82 Å². The quantitative estimate of drug-likeness (QED) is 0.443.